The van der Waals surface area contributed by atoms with Crippen molar-refractivity contribution < 1.29 is 19.1 Å². The first kappa shape index (κ1) is 19.4. The van der Waals surface area contributed by atoms with E-state index < -0.39 is 0 Å². The minimum absolute atomic E-state index is 0.163. The maximum atomic E-state index is 12.1. The van der Waals surface area contributed by atoms with E-state index in [9.17, 15) is 9.59 Å². The molecule has 8 heteroatoms. The Morgan fingerprint density at radius 1 is 1.31 bits per heavy atom. The number of carbonyl (C=O) groups is 2. The third-order valence-corrected chi connectivity index (χ3v) is 5.62. The maximum Gasteiger partial charge on any atom is 0.337 e. The van der Waals surface area contributed by atoms with Crippen LogP contribution in [0.1, 0.15) is 25.6 Å². The molecule has 1 aliphatic rings. The number of nitrogens with zero attached hydrogens (tertiary/aromatic N) is 1. The molecule has 1 aliphatic heterocycles. The number of aromatic nitrogens is 1. The highest BCUT2D eigenvalue weighted by Crippen LogP contribution is 2.41. The van der Waals surface area contributed by atoms with E-state index in [4.69, 9.17) is 21.1 Å². The molecule has 2 aromatic carbocycles. The number of fused-ring (bicyclic) bond motifs is 1. The van der Waals surface area contributed by atoms with Crippen LogP contribution in [-0.4, -0.2) is 36.6 Å². The highest BCUT2D eigenvalue weighted by Gasteiger charge is 2.27. The molecule has 6 nitrogen and oxygen atoms in total. The molecule has 148 valence electrons. The van der Waals surface area contributed by atoms with Crippen LogP contribution in [0.15, 0.2) is 48.1 Å². The molecule has 3 aromatic rings. The molecule has 0 aliphatic carbocycles. The van der Waals surface area contributed by atoms with Gasteiger partial charge in [0, 0.05) is 22.6 Å². The summed E-state index contributed by atoms with van der Waals surface area (Å²) in [7, 11) is 1.35. The van der Waals surface area contributed by atoms with Gasteiger partial charge < -0.3 is 14.8 Å². The smallest absolute Gasteiger partial charge is 0.337 e. The lowest BCUT2D eigenvalue weighted by Gasteiger charge is -2.14. The van der Waals surface area contributed by atoms with E-state index >= 15 is 0 Å². The van der Waals surface area contributed by atoms with Crippen molar-refractivity contribution in [2.75, 3.05) is 13.7 Å². The molecule has 0 radical (unpaired) electrons. The molecular weight excluding hydrogens is 412 g/mol. The maximum absolute atomic E-state index is 12.1. The van der Waals surface area contributed by atoms with Crippen LogP contribution in [0, 0.1) is 0 Å². The summed E-state index contributed by atoms with van der Waals surface area (Å²) in [4.78, 5) is 28.3. The van der Waals surface area contributed by atoms with Crippen molar-refractivity contribution in [3.8, 4) is 16.9 Å². The molecule has 0 spiro atoms. The van der Waals surface area contributed by atoms with Gasteiger partial charge in [0.1, 0.15) is 16.7 Å². The Balaban J connectivity index is 1.52. The second-order valence-electron chi connectivity index (χ2n) is 6.53. The highest BCUT2D eigenvalue weighted by atomic mass is 35.5. The Kier molecular flexibility index (Phi) is 5.51. The van der Waals surface area contributed by atoms with Crippen molar-refractivity contribution in [3.05, 3.63) is 69.1 Å². The van der Waals surface area contributed by atoms with Crippen LogP contribution in [0.3, 0.4) is 0 Å². The Morgan fingerprint density at radius 2 is 2.10 bits per heavy atom. The summed E-state index contributed by atoms with van der Waals surface area (Å²) >= 11 is 7.61. The minimum atomic E-state index is -0.388. The number of benzene rings is 2. The molecule has 1 aromatic heterocycles. The lowest BCUT2D eigenvalue weighted by Crippen LogP contribution is -2.34. The third kappa shape index (κ3) is 4.11. The Hall–Kier alpha value is -2.90. The number of halogens is 1. The largest absolute Gasteiger partial charge is 0.487 e. The van der Waals surface area contributed by atoms with E-state index in [-0.39, 0.29) is 18.0 Å². The second kappa shape index (κ2) is 8.23. The topological polar surface area (TPSA) is 77.5 Å². The summed E-state index contributed by atoms with van der Waals surface area (Å²) < 4.78 is 10.9. The summed E-state index contributed by atoms with van der Waals surface area (Å²) in [5.41, 5.74) is 4.81. The molecule has 0 bridgehead atoms. The summed E-state index contributed by atoms with van der Waals surface area (Å²) in [6, 6.07) is 10.8. The number of hydrogen-bond acceptors (Lipinski definition) is 6. The number of esters is 1. The molecule has 1 amide bonds. The SMILES string of the molecule is COC(=O)c1ccc(-c2cc(Cl)cc3c2O[C@H](CNC(=O)c2cncs2)C3)cc1. The van der Waals surface area contributed by atoms with E-state index in [2.05, 4.69) is 10.3 Å². The van der Waals surface area contributed by atoms with Crippen molar-refractivity contribution >= 4 is 34.8 Å². The highest BCUT2D eigenvalue weighted by molar-refractivity contribution is 7.11. The molecule has 0 unspecified atom stereocenters. The van der Waals surface area contributed by atoms with Gasteiger partial charge in [-0.3, -0.25) is 9.78 Å². The molecule has 4 rings (SSSR count). The zero-order valence-electron chi connectivity index (χ0n) is 15.5. The van der Waals surface area contributed by atoms with Crippen LogP contribution in [0.5, 0.6) is 5.75 Å². The van der Waals surface area contributed by atoms with E-state index in [1.165, 1.54) is 18.4 Å². The first-order chi connectivity index (χ1) is 14.0. The predicted molar refractivity (Wildman–Crippen MR) is 111 cm³/mol. The fourth-order valence-corrected chi connectivity index (χ4v) is 4.03. The quantitative estimate of drug-likeness (QED) is 0.622. The summed E-state index contributed by atoms with van der Waals surface area (Å²) in [5, 5.41) is 3.49. The normalized spacial score (nSPS) is 14.8. The van der Waals surface area contributed by atoms with Gasteiger partial charge in [0.05, 0.1) is 30.9 Å². The average Bonchev–Trinajstić information content (AvgIpc) is 3.41. The number of carbonyl (C=O) groups excluding carboxylic acids is 2. The summed E-state index contributed by atoms with van der Waals surface area (Å²) in [6.07, 6.45) is 2.00. The predicted octanol–water partition coefficient (Wildman–Crippen LogP) is 3.98. The number of methoxy groups -OCH3 is 1. The minimum Gasteiger partial charge on any atom is -0.487 e. The van der Waals surface area contributed by atoms with Crippen LogP contribution in [0.4, 0.5) is 0 Å². The van der Waals surface area contributed by atoms with Gasteiger partial charge >= 0.3 is 5.97 Å². The first-order valence-electron chi connectivity index (χ1n) is 8.89. The van der Waals surface area contributed by atoms with Crippen molar-refractivity contribution in [3.63, 3.8) is 0 Å². The number of thiazole rings is 1. The molecule has 2 heterocycles. The van der Waals surface area contributed by atoms with Gasteiger partial charge in [-0.25, -0.2) is 4.79 Å². The van der Waals surface area contributed by atoms with Crippen LogP contribution < -0.4 is 10.1 Å². The summed E-state index contributed by atoms with van der Waals surface area (Å²) in [5.74, 6) is 0.196. The van der Waals surface area contributed by atoms with Gasteiger partial charge in [-0.2, -0.15) is 0 Å². The van der Waals surface area contributed by atoms with Crippen molar-refractivity contribution in [2.45, 2.75) is 12.5 Å². The van der Waals surface area contributed by atoms with Gasteiger partial charge in [-0.05, 0) is 29.8 Å². The molecule has 0 saturated heterocycles. The van der Waals surface area contributed by atoms with E-state index in [1.807, 2.05) is 24.3 Å². The van der Waals surface area contributed by atoms with Crippen LogP contribution in [-0.2, 0) is 11.2 Å². The fraction of sp³-hybridized carbons (Fsp3) is 0.190. The van der Waals surface area contributed by atoms with E-state index in [1.54, 1.807) is 23.8 Å². The van der Waals surface area contributed by atoms with Gasteiger partial charge in [-0.15, -0.1) is 11.3 Å². The van der Waals surface area contributed by atoms with Crippen LogP contribution >= 0.6 is 22.9 Å². The lowest BCUT2D eigenvalue weighted by atomic mass is 9.99. The van der Waals surface area contributed by atoms with E-state index in [0.717, 1.165) is 22.4 Å². The van der Waals surface area contributed by atoms with Gasteiger partial charge in [0.15, 0.2) is 0 Å². The lowest BCUT2D eigenvalue weighted by molar-refractivity contribution is 0.0600. The number of rotatable bonds is 5. The molecule has 0 saturated carbocycles. The third-order valence-electron chi connectivity index (χ3n) is 4.63. The average molecular weight is 429 g/mol. The Bertz CT molecular complexity index is 1050. The number of nitrogens with one attached hydrogen (secondary N) is 1. The Labute approximate surface area is 176 Å². The standard InChI is InChI=1S/C21H17ClN2O4S/c1-27-21(26)13-4-2-12(3-5-13)17-8-15(22)6-14-7-16(28-19(14)17)9-24-20(25)18-10-23-11-29-18/h2-6,8,10-11,16H,7,9H2,1H3,(H,24,25)/t16-/m0/s1. The number of hydrogen-bond donors (Lipinski definition) is 1. The first-order valence-corrected chi connectivity index (χ1v) is 10.2. The number of amides is 1. The van der Waals surface area contributed by atoms with Gasteiger partial charge in [0.25, 0.3) is 5.91 Å². The van der Waals surface area contributed by atoms with Crippen molar-refractivity contribution in [1.82, 2.24) is 10.3 Å². The molecular formula is C21H17ClN2O4S. The zero-order chi connectivity index (χ0) is 20.4. The zero-order valence-corrected chi connectivity index (χ0v) is 17.0. The van der Waals surface area contributed by atoms with Crippen molar-refractivity contribution in [2.24, 2.45) is 0 Å². The van der Waals surface area contributed by atoms with Gasteiger partial charge in [0.2, 0.25) is 0 Å². The second-order valence-corrected chi connectivity index (χ2v) is 7.85. The number of ether oxygens (including phenoxy) is 2. The fourth-order valence-electron chi connectivity index (χ4n) is 3.25. The molecule has 0 fully saturated rings. The van der Waals surface area contributed by atoms with Crippen LogP contribution in [0.25, 0.3) is 11.1 Å². The molecule has 1 N–H and O–H groups in total. The Morgan fingerprint density at radius 3 is 2.79 bits per heavy atom. The summed E-state index contributed by atoms with van der Waals surface area (Å²) in [6.45, 7) is 0.379. The van der Waals surface area contributed by atoms with E-state index in [0.29, 0.717) is 28.4 Å². The van der Waals surface area contributed by atoms with Gasteiger partial charge in [-0.1, -0.05) is 23.7 Å². The van der Waals surface area contributed by atoms with Crippen LogP contribution in [0.2, 0.25) is 5.02 Å². The molecule has 1 atom stereocenters. The monoisotopic (exact) mass is 428 g/mol. The van der Waals surface area contributed by atoms with Crippen molar-refractivity contribution in [1.29, 1.82) is 0 Å². The molecule has 29 heavy (non-hydrogen) atoms.